The summed E-state index contributed by atoms with van der Waals surface area (Å²) in [6.45, 7) is 7.81. The normalized spacial score (nSPS) is 30.1. The Morgan fingerprint density at radius 3 is 2.50 bits per heavy atom. The number of halogens is 3. The number of amides is 1. The predicted octanol–water partition coefficient (Wildman–Crippen LogP) is 4.09. The second kappa shape index (κ2) is 7.98. The monoisotopic (exact) mass is 428 g/mol. The van der Waals surface area contributed by atoms with E-state index in [0.717, 1.165) is 12.6 Å². The average molecular weight is 428 g/mol. The molecule has 0 aromatic carbocycles. The molecule has 0 radical (unpaired) electrons. The van der Waals surface area contributed by atoms with Crippen LogP contribution in [-0.4, -0.2) is 53.1 Å². The number of nitrogens with one attached hydrogen (secondary N) is 1. The largest absolute Gasteiger partial charge is 0.434 e. The van der Waals surface area contributed by atoms with Crippen LogP contribution in [0, 0.1) is 23.2 Å². The molecule has 6 nitrogen and oxygen atoms in total. The van der Waals surface area contributed by atoms with E-state index in [9.17, 15) is 18.0 Å². The minimum absolute atomic E-state index is 0. The Morgan fingerprint density at radius 1 is 1.27 bits per heavy atom. The molecule has 0 unspecified atom stereocenters. The number of anilines is 1. The Bertz CT molecular complexity index is 793. The van der Waals surface area contributed by atoms with Crippen molar-refractivity contribution in [1.82, 2.24) is 14.9 Å². The van der Waals surface area contributed by atoms with E-state index in [0.29, 0.717) is 31.0 Å². The van der Waals surface area contributed by atoms with E-state index >= 15 is 0 Å². The molecular weight excluding hydrogens is 397 g/mol. The number of rotatable bonds is 3. The first-order valence-corrected chi connectivity index (χ1v) is 10.2. The summed E-state index contributed by atoms with van der Waals surface area (Å²) >= 11 is 0. The molecule has 3 saturated carbocycles. The Hall–Kier alpha value is -1.90. The standard InChI is InChI=1S/C20H27F3N4O2.CH4/c1-11-14-8-12(19(14,2)3)9-15(11)25-18-24-10-13(16(26-18)20(21,22)23)17(28)27-4-6-29-7-5-27;/h10-12,14-15H,4-9H2,1-3H3,(H,24,25,26);1H4/t11-,12+,14-,15-;/m0./s1. The van der Waals surface area contributed by atoms with Gasteiger partial charge < -0.3 is 15.0 Å². The van der Waals surface area contributed by atoms with E-state index in [-0.39, 0.29) is 37.9 Å². The first-order valence-electron chi connectivity index (χ1n) is 10.2. The highest BCUT2D eigenvalue weighted by Gasteiger charge is 2.56. The summed E-state index contributed by atoms with van der Waals surface area (Å²) in [5.41, 5.74) is -1.41. The molecule has 1 N–H and O–H groups in total. The van der Waals surface area contributed by atoms with Crippen LogP contribution in [0.4, 0.5) is 19.1 Å². The first kappa shape index (κ1) is 22.8. The van der Waals surface area contributed by atoms with E-state index in [2.05, 4.69) is 36.1 Å². The summed E-state index contributed by atoms with van der Waals surface area (Å²) in [4.78, 5) is 21.8. The molecule has 30 heavy (non-hydrogen) atoms. The van der Waals surface area contributed by atoms with Crippen LogP contribution in [0.2, 0.25) is 0 Å². The lowest BCUT2D eigenvalue weighted by Gasteiger charge is -2.62. The van der Waals surface area contributed by atoms with E-state index < -0.39 is 23.3 Å². The van der Waals surface area contributed by atoms with Gasteiger partial charge in [-0.3, -0.25) is 4.79 Å². The Labute approximate surface area is 175 Å². The van der Waals surface area contributed by atoms with Crippen molar-refractivity contribution in [2.75, 3.05) is 31.6 Å². The second-order valence-electron chi connectivity index (χ2n) is 9.06. The van der Waals surface area contributed by atoms with Crippen LogP contribution in [0.25, 0.3) is 0 Å². The summed E-state index contributed by atoms with van der Waals surface area (Å²) in [6, 6.07) is 0.0358. The molecule has 3 aliphatic carbocycles. The quantitative estimate of drug-likeness (QED) is 0.786. The molecule has 1 aromatic heterocycles. The molecular formula is C21H31F3N4O2. The number of fused-ring (bicyclic) bond motifs is 2. The van der Waals surface area contributed by atoms with Crippen molar-refractivity contribution in [2.24, 2.45) is 23.2 Å². The van der Waals surface area contributed by atoms with Gasteiger partial charge in [-0.05, 0) is 36.0 Å². The van der Waals surface area contributed by atoms with Crippen molar-refractivity contribution in [1.29, 1.82) is 0 Å². The Balaban J connectivity index is 0.00000256. The van der Waals surface area contributed by atoms with Crippen LogP contribution >= 0.6 is 0 Å². The van der Waals surface area contributed by atoms with Gasteiger partial charge in [-0.2, -0.15) is 13.2 Å². The van der Waals surface area contributed by atoms with Gasteiger partial charge in [-0.15, -0.1) is 0 Å². The van der Waals surface area contributed by atoms with Gasteiger partial charge in [0.25, 0.3) is 5.91 Å². The summed E-state index contributed by atoms with van der Waals surface area (Å²) in [5, 5.41) is 3.12. The molecule has 2 heterocycles. The number of hydrogen-bond acceptors (Lipinski definition) is 5. The lowest BCUT2D eigenvalue weighted by Crippen LogP contribution is -2.58. The molecule has 1 amide bonds. The highest BCUT2D eigenvalue weighted by atomic mass is 19.4. The third kappa shape index (κ3) is 3.88. The summed E-state index contributed by atoms with van der Waals surface area (Å²) in [5.74, 6) is 0.657. The van der Waals surface area contributed by atoms with Gasteiger partial charge in [0.15, 0.2) is 5.69 Å². The number of nitrogens with zero attached hydrogens (tertiary/aromatic N) is 3. The molecule has 1 aliphatic heterocycles. The van der Waals surface area contributed by atoms with Gasteiger partial charge in [0, 0.05) is 25.3 Å². The molecule has 0 spiro atoms. The lowest BCUT2D eigenvalue weighted by atomic mass is 9.45. The maximum Gasteiger partial charge on any atom is 0.434 e. The number of alkyl halides is 3. The van der Waals surface area contributed by atoms with Crippen LogP contribution in [0.15, 0.2) is 6.20 Å². The number of aromatic nitrogens is 2. The van der Waals surface area contributed by atoms with Crippen LogP contribution in [-0.2, 0) is 10.9 Å². The van der Waals surface area contributed by atoms with Crippen LogP contribution in [0.5, 0.6) is 0 Å². The number of hydrogen-bond donors (Lipinski definition) is 1. The summed E-state index contributed by atoms with van der Waals surface area (Å²) < 4.78 is 46.2. The van der Waals surface area contributed by atoms with E-state index in [1.54, 1.807) is 0 Å². The maximum atomic E-state index is 13.7. The number of carbonyl (C=O) groups excluding carboxylic acids is 1. The topological polar surface area (TPSA) is 67.4 Å². The lowest BCUT2D eigenvalue weighted by molar-refractivity contribution is -0.141. The molecule has 1 saturated heterocycles. The molecule has 9 heteroatoms. The van der Waals surface area contributed by atoms with Crippen molar-refractivity contribution in [3.8, 4) is 0 Å². The molecule has 168 valence electrons. The third-order valence-corrected chi connectivity index (χ3v) is 7.25. The van der Waals surface area contributed by atoms with Crippen molar-refractivity contribution < 1.29 is 22.7 Å². The third-order valence-electron chi connectivity index (χ3n) is 7.25. The Kier molecular flexibility index (Phi) is 6.06. The van der Waals surface area contributed by atoms with Gasteiger partial charge in [0.1, 0.15) is 0 Å². The van der Waals surface area contributed by atoms with Crippen LogP contribution in [0.3, 0.4) is 0 Å². The fourth-order valence-electron chi connectivity index (χ4n) is 5.27. The molecule has 4 atom stereocenters. The zero-order valence-electron chi connectivity index (χ0n) is 16.9. The van der Waals surface area contributed by atoms with Gasteiger partial charge in [0.05, 0.1) is 18.8 Å². The van der Waals surface area contributed by atoms with Crippen molar-refractivity contribution >= 4 is 11.9 Å². The van der Waals surface area contributed by atoms with Crippen molar-refractivity contribution in [3.63, 3.8) is 0 Å². The van der Waals surface area contributed by atoms with E-state index in [4.69, 9.17) is 4.74 Å². The maximum absolute atomic E-state index is 13.7. The summed E-state index contributed by atoms with van der Waals surface area (Å²) in [6.07, 6.45) is -1.66. The van der Waals surface area contributed by atoms with Crippen LogP contribution in [0.1, 0.15) is 57.1 Å². The fraction of sp³-hybridized carbons (Fsp3) is 0.762. The molecule has 4 aliphatic rings. The molecule has 2 bridgehead atoms. The first-order chi connectivity index (χ1) is 13.6. The molecule has 5 rings (SSSR count). The van der Waals surface area contributed by atoms with Crippen molar-refractivity contribution in [3.05, 3.63) is 17.5 Å². The predicted molar refractivity (Wildman–Crippen MR) is 107 cm³/mol. The SMILES string of the molecule is C.C[C@@H]1[C@@H](Nc2ncc(C(=O)N3CCOCC3)c(C(F)(F)F)n2)C[C@H]2C[C@@H]1C2(C)C. The minimum atomic E-state index is -4.74. The Morgan fingerprint density at radius 2 is 1.93 bits per heavy atom. The number of carbonyl (C=O) groups is 1. The number of ether oxygens (including phenoxy) is 1. The van der Waals surface area contributed by atoms with E-state index in [1.807, 2.05) is 0 Å². The van der Waals surface area contributed by atoms with Crippen LogP contribution < -0.4 is 5.32 Å². The molecule has 4 fully saturated rings. The van der Waals surface area contributed by atoms with Crippen molar-refractivity contribution in [2.45, 2.75) is 53.3 Å². The summed E-state index contributed by atoms with van der Waals surface area (Å²) in [7, 11) is 0. The minimum Gasteiger partial charge on any atom is -0.378 e. The molecule has 1 aromatic rings. The zero-order valence-corrected chi connectivity index (χ0v) is 16.9. The van der Waals surface area contributed by atoms with Gasteiger partial charge in [-0.1, -0.05) is 28.2 Å². The fourth-order valence-corrected chi connectivity index (χ4v) is 5.27. The van der Waals surface area contributed by atoms with Gasteiger partial charge in [-0.25, -0.2) is 9.97 Å². The second-order valence-corrected chi connectivity index (χ2v) is 9.06. The number of morpholine rings is 1. The van der Waals surface area contributed by atoms with E-state index in [1.165, 1.54) is 11.3 Å². The zero-order chi connectivity index (χ0) is 21.0. The van der Waals surface area contributed by atoms with Gasteiger partial charge >= 0.3 is 6.18 Å². The van der Waals surface area contributed by atoms with Gasteiger partial charge in [0.2, 0.25) is 5.95 Å². The highest BCUT2D eigenvalue weighted by Crippen LogP contribution is 2.61. The highest BCUT2D eigenvalue weighted by molar-refractivity contribution is 5.95. The average Bonchev–Trinajstić information content (AvgIpc) is 2.68. The smallest absolute Gasteiger partial charge is 0.378 e.